The first kappa shape index (κ1) is 14.2. The van der Waals surface area contributed by atoms with Crippen LogP contribution in [0.15, 0.2) is 18.2 Å². The number of ether oxygens (including phenoxy) is 1. The summed E-state index contributed by atoms with van der Waals surface area (Å²) in [5.41, 5.74) is 3.38. The number of halogens is 1. The van der Waals surface area contributed by atoms with Gasteiger partial charge in [0, 0.05) is 11.6 Å². The lowest BCUT2D eigenvalue weighted by Gasteiger charge is -2.37. The number of piperidine rings is 1. The van der Waals surface area contributed by atoms with Gasteiger partial charge in [-0.3, -0.25) is 4.90 Å². The second kappa shape index (κ2) is 5.80. The van der Waals surface area contributed by atoms with Gasteiger partial charge in [-0.05, 0) is 44.5 Å². The van der Waals surface area contributed by atoms with Crippen molar-refractivity contribution in [2.75, 3.05) is 18.0 Å². The molecule has 0 saturated carbocycles. The fraction of sp³-hybridized carbons (Fsp3) is 0.500. The molecule has 0 bridgehead atoms. The molecule has 1 aromatic rings. The predicted octanol–water partition coefficient (Wildman–Crippen LogP) is 2.63. The third-order valence-electron chi connectivity index (χ3n) is 3.86. The number of rotatable bonds is 1. The molecular formula is C14H19ClN2O2. The van der Waals surface area contributed by atoms with Crippen LogP contribution in [0.1, 0.15) is 24.0 Å². The van der Waals surface area contributed by atoms with Crippen LogP contribution >= 0.6 is 12.4 Å². The van der Waals surface area contributed by atoms with E-state index in [-0.39, 0.29) is 24.5 Å². The van der Waals surface area contributed by atoms with E-state index in [9.17, 15) is 4.79 Å². The van der Waals surface area contributed by atoms with E-state index in [1.807, 2.05) is 17.0 Å². The highest BCUT2D eigenvalue weighted by atomic mass is 35.5. The summed E-state index contributed by atoms with van der Waals surface area (Å²) in [5, 5.41) is 3.33. The summed E-state index contributed by atoms with van der Waals surface area (Å²) in [6, 6.07) is 6.38. The summed E-state index contributed by atoms with van der Waals surface area (Å²) in [4.78, 5) is 13.9. The topological polar surface area (TPSA) is 41.6 Å². The van der Waals surface area contributed by atoms with E-state index in [0.717, 1.165) is 37.2 Å². The Morgan fingerprint density at radius 2 is 2.05 bits per heavy atom. The molecule has 5 heteroatoms. The fourth-order valence-corrected chi connectivity index (χ4v) is 2.81. The second-order valence-electron chi connectivity index (χ2n) is 4.98. The number of hydrogen-bond donors (Lipinski definition) is 1. The van der Waals surface area contributed by atoms with Crippen molar-refractivity contribution in [2.45, 2.75) is 32.4 Å². The molecule has 2 aliphatic rings. The monoisotopic (exact) mass is 282 g/mol. The number of carbonyl (C=O) groups is 1. The number of fused-ring (bicyclic) bond motifs is 1. The Hall–Kier alpha value is -1.26. The molecule has 2 aliphatic heterocycles. The van der Waals surface area contributed by atoms with E-state index in [1.165, 1.54) is 5.56 Å². The number of aryl methyl sites for hydroxylation is 1. The Labute approximate surface area is 119 Å². The van der Waals surface area contributed by atoms with Gasteiger partial charge in [0.25, 0.3) is 0 Å². The molecule has 1 fully saturated rings. The zero-order valence-corrected chi connectivity index (χ0v) is 11.8. The Bertz CT molecular complexity index is 473. The number of nitrogens with zero attached hydrogens (tertiary/aromatic N) is 1. The number of carbonyl (C=O) groups excluding carboxylic acids is 1. The average molecular weight is 283 g/mol. The highest BCUT2D eigenvalue weighted by Gasteiger charge is 2.33. The molecule has 1 N–H and O–H groups in total. The maximum atomic E-state index is 12.1. The molecule has 0 unspecified atom stereocenters. The van der Waals surface area contributed by atoms with Crippen LogP contribution < -0.4 is 10.2 Å². The lowest BCUT2D eigenvalue weighted by atomic mass is 10.00. The summed E-state index contributed by atoms with van der Waals surface area (Å²) in [6.45, 7) is 4.41. The maximum absolute atomic E-state index is 12.1. The van der Waals surface area contributed by atoms with Gasteiger partial charge in [-0.1, -0.05) is 12.1 Å². The van der Waals surface area contributed by atoms with Crippen LogP contribution in [0.4, 0.5) is 10.5 Å². The largest absolute Gasteiger partial charge is 0.444 e. The zero-order chi connectivity index (χ0) is 12.5. The van der Waals surface area contributed by atoms with Crippen molar-refractivity contribution in [3.8, 4) is 0 Å². The average Bonchev–Trinajstić information content (AvgIpc) is 2.40. The SMILES string of the molecule is Cc1cccc2c1COC(=O)N2C1CCNCC1.Cl. The number of hydrogen-bond acceptors (Lipinski definition) is 3. The first-order valence-corrected chi connectivity index (χ1v) is 6.52. The van der Waals surface area contributed by atoms with E-state index in [1.54, 1.807) is 0 Å². The van der Waals surface area contributed by atoms with Crippen molar-refractivity contribution in [1.29, 1.82) is 0 Å². The second-order valence-corrected chi connectivity index (χ2v) is 4.98. The number of nitrogens with one attached hydrogen (secondary N) is 1. The van der Waals surface area contributed by atoms with Crippen LogP contribution in [0.3, 0.4) is 0 Å². The van der Waals surface area contributed by atoms with Crippen LogP contribution in [-0.4, -0.2) is 25.2 Å². The van der Waals surface area contributed by atoms with Crippen molar-refractivity contribution in [1.82, 2.24) is 5.32 Å². The molecule has 1 aromatic carbocycles. The van der Waals surface area contributed by atoms with Gasteiger partial charge in [-0.15, -0.1) is 12.4 Å². The van der Waals surface area contributed by atoms with Gasteiger partial charge < -0.3 is 10.1 Å². The molecule has 1 saturated heterocycles. The Kier molecular flexibility index (Phi) is 4.32. The third kappa shape index (κ3) is 2.55. The third-order valence-corrected chi connectivity index (χ3v) is 3.86. The van der Waals surface area contributed by atoms with Gasteiger partial charge in [-0.25, -0.2) is 4.79 Å². The molecule has 0 radical (unpaired) electrons. The predicted molar refractivity (Wildman–Crippen MR) is 77.0 cm³/mol. The Balaban J connectivity index is 0.00000133. The molecule has 2 heterocycles. The smallest absolute Gasteiger partial charge is 0.414 e. The quantitative estimate of drug-likeness (QED) is 0.861. The Morgan fingerprint density at radius 3 is 2.79 bits per heavy atom. The van der Waals surface area contributed by atoms with Gasteiger partial charge in [0.05, 0.1) is 5.69 Å². The van der Waals surface area contributed by atoms with E-state index < -0.39 is 0 Å². The number of cyclic esters (lactones) is 1. The van der Waals surface area contributed by atoms with Gasteiger partial charge >= 0.3 is 6.09 Å². The standard InChI is InChI=1S/C14H18N2O2.ClH/c1-10-3-2-4-13-12(10)9-18-14(17)16(13)11-5-7-15-8-6-11;/h2-4,11,15H,5-9H2,1H3;1H. The van der Waals surface area contributed by atoms with Gasteiger partial charge in [0.2, 0.25) is 0 Å². The maximum Gasteiger partial charge on any atom is 0.414 e. The van der Waals surface area contributed by atoms with Crippen molar-refractivity contribution < 1.29 is 9.53 Å². The normalized spacial score (nSPS) is 19.4. The van der Waals surface area contributed by atoms with Crippen LogP contribution in [-0.2, 0) is 11.3 Å². The summed E-state index contributed by atoms with van der Waals surface area (Å²) in [6.07, 6.45) is 1.78. The van der Waals surface area contributed by atoms with Crippen molar-refractivity contribution >= 4 is 24.2 Å². The molecule has 4 nitrogen and oxygen atoms in total. The van der Waals surface area contributed by atoms with Crippen LogP contribution in [0.2, 0.25) is 0 Å². The number of amides is 1. The number of benzene rings is 1. The van der Waals surface area contributed by atoms with Gasteiger partial charge in [-0.2, -0.15) is 0 Å². The molecule has 0 atom stereocenters. The van der Waals surface area contributed by atoms with Gasteiger partial charge in [0.15, 0.2) is 0 Å². The molecule has 0 spiro atoms. The lowest BCUT2D eigenvalue weighted by molar-refractivity contribution is 0.137. The fourth-order valence-electron chi connectivity index (χ4n) is 2.81. The molecule has 19 heavy (non-hydrogen) atoms. The minimum absolute atomic E-state index is 0. The van der Waals surface area contributed by atoms with E-state index in [0.29, 0.717) is 6.61 Å². The zero-order valence-electron chi connectivity index (χ0n) is 11.0. The first-order chi connectivity index (χ1) is 8.77. The summed E-state index contributed by atoms with van der Waals surface area (Å²) in [7, 11) is 0. The molecule has 0 aliphatic carbocycles. The minimum atomic E-state index is -0.194. The molecular weight excluding hydrogens is 264 g/mol. The van der Waals surface area contributed by atoms with E-state index in [4.69, 9.17) is 4.74 Å². The first-order valence-electron chi connectivity index (χ1n) is 6.52. The number of anilines is 1. The lowest BCUT2D eigenvalue weighted by Crippen LogP contribution is -2.48. The van der Waals surface area contributed by atoms with Crippen molar-refractivity contribution in [3.63, 3.8) is 0 Å². The molecule has 3 rings (SSSR count). The molecule has 104 valence electrons. The summed E-state index contributed by atoms with van der Waals surface area (Å²) in [5.74, 6) is 0. The highest BCUT2D eigenvalue weighted by molar-refractivity contribution is 5.91. The summed E-state index contributed by atoms with van der Waals surface area (Å²) < 4.78 is 5.32. The van der Waals surface area contributed by atoms with E-state index >= 15 is 0 Å². The van der Waals surface area contributed by atoms with Crippen molar-refractivity contribution in [2.24, 2.45) is 0 Å². The Morgan fingerprint density at radius 1 is 1.32 bits per heavy atom. The molecule has 1 amide bonds. The van der Waals surface area contributed by atoms with Crippen molar-refractivity contribution in [3.05, 3.63) is 29.3 Å². The minimum Gasteiger partial charge on any atom is -0.444 e. The van der Waals surface area contributed by atoms with Gasteiger partial charge in [0.1, 0.15) is 6.61 Å². The highest BCUT2D eigenvalue weighted by Crippen LogP contribution is 2.32. The van der Waals surface area contributed by atoms with E-state index in [2.05, 4.69) is 18.3 Å². The molecule has 0 aromatic heterocycles. The van der Waals surface area contributed by atoms with Crippen LogP contribution in [0.25, 0.3) is 0 Å². The summed E-state index contributed by atoms with van der Waals surface area (Å²) >= 11 is 0. The van der Waals surface area contributed by atoms with Crippen LogP contribution in [0, 0.1) is 6.92 Å². The van der Waals surface area contributed by atoms with Crippen LogP contribution in [0.5, 0.6) is 0 Å².